The number of benzene rings is 2. The van der Waals surface area contributed by atoms with Crippen LogP contribution in [0.4, 0.5) is 5.69 Å². The molecule has 2 aromatic carbocycles. The Morgan fingerprint density at radius 2 is 1.79 bits per heavy atom. The molecule has 1 N–H and O–H groups in total. The molecule has 9 heteroatoms. The highest BCUT2D eigenvalue weighted by atomic mass is 35.5. The van der Waals surface area contributed by atoms with Gasteiger partial charge in [0, 0.05) is 31.1 Å². The molecule has 0 aliphatic rings. The van der Waals surface area contributed by atoms with Crippen molar-refractivity contribution in [2.75, 3.05) is 23.7 Å². The van der Waals surface area contributed by atoms with Crippen LogP contribution in [0.15, 0.2) is 48.5 Å². The van der Waals surface area contributed by atoms with Crippen LogP contribution in [-0.4, -0.2) is 50.5 Å². The molecule has 2 amide bonds. The standard InChI is InChI=1S/C25H34ClN3O4S/c1-5-23(25(31)27-6-2)28(18-20-11-7-10-19(3)16-20)24(30)14-9-15-29(34(4,32)33)22-13-8-12-21(26)17-22/h7-8,10-13,16-17,23H,5-6,9,14-15,18H2,1-4H3,(H,27,31)/t23-/m1/s1. The van der Waals surface area contributed by atoms with E-state index in [-0.39, 0.29) is 24.8 Å². The number of anilines is 1. The van der Waals surface area contributed by atoms with E-state index in [1.54, 1.807) is 29.2 Å². The Hall–Kier alpha value is -2.58. The first kappa shape index (κ1) is 27.7. The molecule has 0 saturated heterocycles. The largest absolute Gasteiger partial charge is 0.355 e. The summed E-state index contributed by atoms with van der Waals surface area (Å²) in [4.78, 5) is 27.6. The first-order valence-electron chi connectivity index (χ1n) is 11.4. The highest BCUT2D eigenvalue weighted by Crippen LogP contribution is 2.23. The Morgan fingerprint density at radius 3 is 2.38 bits per heavy atom. The van der Waals surface area contributed by atoms with Crippen LogP contribution in [-0.2, 0) is 26.2 Å². The van der Waals surface area contributed by atoms with Gasteiger partial charge in [-0.2, -0.15) is 0 Å². The molecule has 0 aromatic heterocycles. The lowest BCUT2D eigenvalue weighted by atomic mass is 10.1. The number of hydrogen-bond acceptors (Lipinski definition) is 4. The van der Waals surface area contributed by atoms with Gasteiger partial charge in [0.2, 0.25) is 21.8 Å². The zero-order valence-electron chi connectivity index (χ0n) is 20.3. The Labute approximate surface area is 208 Å². The third-order valence-corrected chi connectivity index (χ3v) is 6.85. The smallest absolute Gasteiger partial charge is 0.242 e. The number of nitrogens with one attached hydrogen (secondary N) is 1. The van der Waals surface area contributed by atoms with Crippen LogP contribution in [0.2, 0.25) is 5.02 Å². The Morgan fingerprint density at radius 1 is 1.09 bits per heavy atom. The van der Waals surface area contributed by atoms with Crippen LogP contribution >= 0.6 is 11.6 Å². The molecule has 34 heavy (non-hydrogen) atoms. The van der Waals surface area contributed by atoms with Crippen LogP contribution in [0, 0.1) is 6.92 Å². The summed E-state index contributed by atoms with van der Waals surface area (Å²) in [6.07, 6.45) is 2.01. The third-order valence-electron chi connectivity index (χ3n) is 5.42. The highest BCUT2D eigenvalue weighted by molar-refractivity contribution is 7.92. The van der Waals surface area contributed by atoms with E-state index in [9.17, 15) is 18.0 Å². The maximum atomic E-state index is 13.3. The lowest BCUT2D eigenvalue weighted by Gasteiger charge is -2.31. The molecule has 2 aromatic rings. The minimum atomic E-state index is -3.56. The van der Waals surface area contributed by atoms with Crippen molar-refractivity contribution < 1.29 is 18.0 Å². The van der Waals surface area contributed by atoms with E-state index in [2.05, 4.69) is 5.32 Å². The van der Waals surface area contributed by atoms with Gasteiger partial charge in [-0.25, -0.2) is 8.42 Å². The molecule has 0 aliphatic carbocycles. The summed E-state index contributed by atoms with van der Waals surface area (Å²) in [6.45, 7) is 6.60. The van der Waals surface area contributed by atoms with Gasteiger partial charge in [0.05, 0.1) is 11.9 Å². The Balaban J connectivity index is 2.20. The first-order chi connectivity index (χ1) is 16.1. The van der Waals surface area contributed by atoms with Gasteiger partial charge in [0.15, 0.2) is 0 Å². The van der Waals surface area contributed by atoms with Crippen molar-refractivity contribution in [3.8, 4) is 0 Å². The summed E-state index contributed by atoms with van der Waals surface area (Å²) in [5.74, 6) is -0.387. The lowest BCUT2D eigenvalue weighted by molar-refractivity contribution is -0.141. The molecule has 0 unspecified atom stereocenters. The second-order valence-corrected chi connectivity index (χ2v) is 10.6. The number of likely N-dealkylation sites (N-methyl/N-ethyl adjacent to an activating group) is 1. The number of hydrogen-bond donors (Lipinski definition) is 1. The van der Waals surface area contributed by atoms with Crippen molar-refractivity contribution in [1.82, 2.24) is 10.2 Å². The summed E-state index contributed by atoms with van der Waals surface area (Å²) in [5, 5.41) is 3.25. The van der Waals surface area contributed by atoms with Crippen LogP contribution in [0.1, 0.15) is 44.2 Å². The van der Waals surface area contributed by atoms with Crippen LogP contribution in [0.3, 0.4) is 0 Å². The van der Waals surface area contributed by atoms with Crippen LogP contribution in [0.5, 0.6) is 0 Å². The fraction of sp³-hybridized carbons (Fsp3) is 0.440. The van der Waals surface area contributed by atoms with Gasteiger partial charge in [-0.1, -0.05) is 54.4 Å². The highest BCUT2D eigenvalue weighted by Gasteiger charge is 2.28. The molecule has 1 atom stereocenters. The van der Waals surface area contributed by atoms with Crippen molar-refractivity contribution in [3.05, 3.63) is 64.7 Å². The van der Waals surface area contributed by atoms with E-state index in [0.29, 0.717) is 36.6 Å². The van der Waals surface area contributed by atoms with Crippen molar-refractivity contribution in [2.45, 2.75) is 52.6 Å². The zero-order chi connectivity index (χ0) is 25.3. The molecule has 186 valence electrons. The van der Waals surface area contributed by atoms with Crippen molar-refractivity contribution in [2.24, 2.45) is 0 Å². The van der Waals surface area contributed by atoms with E-state index in [1.165, 1.54) is 4.31 Å². The predicted octanol–water partition coefficient (Wildman–Crippen LogP) is 4.14. The van der Waals surface area contributed by atoms with Gasteiger partial charge in [0.25, 0.3) is 0 Å². The summed E-state index contributed by atoms with van der Waals surface area (Å²) in [7, 11) is -3.56. The number of carbonyl (C=O) groups is 2. The molecule has 0 bridgehead atoms. The molecular weight excluding hydrogens is 474 g/mol. The van der Waals surface area contributed by atoms with Gasteiger partial charge < -0.3 is 10.2 Å². The SMILES string of the molecule is CCNC(=O)[C@@H](CC)N(Cc1cccc(C)c1)C(=O)CCCN(c1cccc(Cl)c1)S(C)(=O)=O. The number of aryl methyl sites for hydroxylation is 1. The number of halogens is 1. The van der Waals surface area contributed by atoms with E-state index >= 15 is 0 Å². The maximum Gasteiger partial charge on any atom is 0.242 e. The second-order valence-electron chi connectivity index (χ2n) is 8.25. The van der Waals surface area contributed by atoms with Crippen LogP contribution < -0.4 is 9.62 Å². The zero-order valence-corrected chi connectivity index (χ0v) is 21.8. The Bertz CT molecular complexity index is 1090. The summed E-state index contributed by atoms with van der Waals surface area (Å²) < 4.78 is 26.0. The van der Waals surface area contributed by atoms with Gasteiger partial charge in [0.1, 0.15) is 6.04 Å². The topological polar surface area (TPSA) is 86.8 Å². The molecule has 2 rings (SSSR count). The van der Waals surface area contributed by atoms with Crippen molar-refractivity contribution in [3.63, 3.8) is 0 Å². The fourth-order valence-electron chi connectivity index (χ4n) is 3.85. The molecule has 0 spiro atoms. The average Bonchev–Trinajstić information content (AvgIpc) is 2.75. The van der Waals surface area contributed by atoms with Gasteiger partial charge in [-0.15, -0.1) is 0 Å². The summed E-state index contributed by atoms with van der Waals surface area (Å²) in [6, 6.07) is 13.8. The van der Waals surface area contributed by atoms with Gasteiger partial charge in [-0.3, -0.25) is 13.9 Å². The number of sulfonamides is 1. The van der Waals surface area contributed by atoms with E-state index in [0.717, 1.165) is 17.4 Å². The second kappa shape index (κ2) is 12.8. The lowest BCUT2D eigenvalue weighted by Crippen LogP contribution is -2.49. The fourth-order valence-corrected chi connectivity index (χ4v) is 5.00. The third kappa shape index (κ3) is 8.02. The molecule has 0 radical (unpaired) electrons. The maximum absolute atomic E-state index is 13.3. The van der Waals surface area contributed by atoms with Crippen molar-refractivity contribution >= 4 is 39.1 Å². The normalized spacial score (nSPS) is 12.1. The minimum Gasteiger partial charge on any atom is -0.355 e. The van der Waals surface area contributed by atoms with E-state index < -0.39 is 16.1 Å². The summed E-state index contributed by atoms with van der Waals surface area (Å²) in [5.41, 5.74) is 2.46. The molecule has 0 aliphatic heterocycles. The number of carbonyl (C=O) groups excluding carboxylic acids is 2. The number of nitrogens with zero attached hydrogens (tertiary/aromatic N) is 2. The van der Waals surface area contributed by atoms with Crippen LogP contribution in [0.25, 0.3) is 0 Å². The summed E-state index contributed by atoms with van der Waals surface area (Å²) >= 11 is 6.04. The molecular formula is C25H34ClN3O4S. The van der Waals surface area contributed by atoms with Gasteiger partial charge in [-0.05, 0) is 50.5 Å². The first-order valence-corrected chi connectivity index (χ1v) is 13.7. The quantitative estimate of drug-likeness (QED) is 0.467. The number of amides is 2. The van der Waals surface area contributed by atoms with E-state index in [4.69, 9.17) is 11.6 Å². The molecule has 7 nitrogen and oxygen atoms in total. The average molecular weight is 508 g/mol. The molecule has 0 heterocycles. The molecule has 0 fully saturated rings. The monoisotopic (exact) mass is 507 g/mol. The van der Waals surface area contributed by atoms with Crippen molar-refractivity contribution in [1.29, 1.82) is 0 Å². The van der Waals surface area contributed by atoms with E-state index in [1.807, 2.05) is 45.0 Å². The Kier molecular flexibility index (Phi) is 10.4. The number of rotatable bonds is 12. The van der Waals surface area contributed by atoms with Gasteiger partial charge >= 0.3 is 0 Å². The predicted molar refractivity (Wildman–Crippen MR) is 137 cm³/mol. The minimum absolute atomic E-state index is 0.105. The molecule has 0 saturated carbocycles.